The largest absolute Gasteiger partial charge is 0.368 e. The third kappa shape index (κ3) is 3.97. The van der Waals surface area contributed by atoms with Crippen LogP contribution in [0, 0.1) is 12.8 Å². The first-order chi connectivity index (χ1) is 8.97. The van der Waals surface area contributed by atoms with Crippen molar-refractivity contribution in [3.8, 4) is 0 Å². The highest BCUT2D eigenvalue weighted by molar-refractivity contribution is 5.56. The Morgan fingerprint density at radius 1 is 1.26 bits per heavy atom. The highest BCUT2D eigenvalue weighted by atomic mass is 15.2. The van der Waals surface area contributed by atoms with Crippen LogP contribution < -0.4 is 10.6 Å². The first-order valence-corrected chi connectivity index (χ1v) is 7.59. The summed E-state index contributed by atoms with van der Waals surface area (Å²) >= 11 is 0. The van der Waals surface area contributed by atoms with Gasteiger partial charge in [0, 0.05) is 24.3 Å². The summed E-state index contributed by atoms with van der Waals surface area (Å²) in [6, 6.07) is 7.88. The maximum absolute atomic E-state index is 5.89. The second-order valence-electron chi connectivity index (χ2n) is 6.58. The van der Waals surface area contributed by atoms with Crippen LogP contribution in [0.4, 0.5) is 5.69 Å². The number of rotatable bonds is 6. The number of hydrogen-bond acceptors (Lipinski definition) is 2. The lowest BCUT2D eigenvalue weighted by Gasteiger charge is -2.28. The van der Waals surface area contributed by atoms with Crippen molar-refractivity contribution in [3.63, 3.8) is 0 Å². The van der Waals surface area contributed by atoms with Crippen molar-refractivity contribution in [2.24, 2.45) is 11.7 Å². The molecule has 0 saturated heterocycles. The molecule has 0 spiro atoms. The van der Waals surface area contributed by atoms with Gasteiger partial charge >= 0.3 is 0 Å². The molecule has 0 amide bonds. The van der Waals surface area contributed by atoms with Crippen molar-refractivity contribution in [3.05, 3.63) is 29.3 Å². The molecular weight excluding hydrogens is 232 g/mol. The molecule has 0 bridgehead atoms. The second kappa shape index (κ2) is 5.96. The van der Waals surface area contributed by atoms with Crippen LogP contribution in [-0.4, -0.2) is 18.6 Å². The Bertz CT molecular complexity index is 419. The number of anilines is 1. The van der Waals surface area contributed by atoms with Gasteiger partial charge in [-0.2, -0.15) is 0 Å². The van der Waals surface area contributed by atoms with Crippen LogP contribution in [0.3, 0.4) is 0 Å². The molecule has 1 aromatic rings. The number of nitrogens with two attached hydrogens (primary N) is 1. The summed E-state index contributed by atoms with van der Waals surface area (Å²) in [4.78, 5) is 2.61. The average molecular weight is 260 g/mol. The summed E-state index contributed by atoms with van der Waals surface area (Å²) in [7, 11) is 0. The van der Waals surface area contributed by atoms with Gasteiger partial charge in [0.05, 0.1) is 0 Å². The Labute approximate surface area is 118 Å². The second-order valence-corrected chi connectivity index (χ2v) is 6.58. The molecule has 1 aromatic carbocycles. The van der Waals surface area contributed by atoms with Gasteiger partial charge in [-0.25, -0.2) is 0 Å². The fourth-order valence-electron chi connectivity index (χ4n) is 2.76. The number of benzene rings is 1. The van der Waals surface area contributed by atoms with E-state index in [0.29, 0.717) is 5.92 Å². The van der Waals surface area contributed by atoms with Crippen molar-refractivity contribution < 1.29 is 0 Å². The van der Waals surface area contributed by atoms with E-state index in [0.717, 1.165) is 19.0 Å². The maximum Gasteiger partial charge on any atom is 0.0398 e. The van der Waals surface area contributed by atoms with Crippen LogP contribution in [0.5, 0.6) is 0 Å². The molecule has 19 heavy (non-hydrogen) atoms. The Hall–Kier alpha value is -1.02. The summed E-state index contributed by atoms with van der Waals surface area (Å²) in [5.41, 5.74) is 10.1. The molecule has 1 fully saturated rings. The van der Waals surface area contributed by atoms with E-state index in [-0.39, 0.29) is 6.04 Å². The standard InChI is InChI=1S/C17H28N2/c1-12(2)11-19(16-6-7-16)17-8-5-15(9-13(17)3)10-14(4)18/h5,8-9,12,14,16H,6-7,10-11,18H2,1-4H3. The molecule has 1 saturated carbocycles. The predicted molar refractivity (Wildman–Crippen MR) is 83.7 cm³/mol. The van der Waals surface area contributed by atoms with Crippen LogP contribution in [0.25, 0.3) is 0 Å². The molecule has 0 radical (unpaired) electrons. The third-order valence-electron chi connectivity index (χ3n) is 3.68. The molecule has 0 aromatic heterocycles. The molecule has 1 atom stereocenters. The zero-order valence-electron chi connectivity index (χ0n) is 12.8. The van der Waals surface area contributed by atoms with Crippen molar-refractivity contribution in [2.45, 2.75) is 59.0 Å². The van der Waals surface area contributed by atoms with Crippen molar-refractivity contribution >= 4 is 5.69 Å². The van der Waals surface area contributed by atoms with Crippen LogP contribution in [0.1, 0.15) is 44.7 Å². The summed E-state index contributed by atoms with van der Waals surface area (Å²) in [5.74, 6) is 0.712. The summed E-state index contributed by atoms with van der Waals surface area (Å²) in [5, 5.41) is 0. The van der Waals surface area contributed by atoms with Crippen molar-refractivity contribution in [2.75, 3.05) is 11.4 Å². The van der Waals surface area contributed by atoms with Gasteiger partial charge in [-0.3, -0.25) is 0 Å². The molecule has 1 unspecified atom stereocenters. The Balaban J connectivity index is 2.18. The third-order valence-corrected chi connectivity index (χ3v) is 3.68. The molecule has 0 aliphatic heterocycles. The minimum Gasteiger partial charge on any atom is -0.368 e. The smallest absolute Gasteiger partial charge is 0.0398 e. The van der Waals surface area contributed by atoms with E-state index in [1.807, 2.05) is 0 Å². The van der Waals surface area contributed by atoms with Gasteiger partial charge in [0.25, 0.3) is 0 Å². The molecule has 106 valence electrons. The minimum absolute atomic E-state index is 0.237. The number of nitrogens with zero attached hydrogens (tertiary/aromatic N) is 1. The van der Waals surface area contributed by atoms with Crippen molar-refractivity contribution in [1.82, 2.24) is 0 Å². The lowest BCUT2D eigenvalue weighted by molar-refractivity contribution is 0.606. The van der Waals surface area contributed by atoms with E-state index >= 15 is 0 Å². The summed E-state index contributed by atoms with van der Waals surface area (Å²) in [6.07, 6.45) is 3.68. The Morgan fingerprint density at radius 2 is 1.95 bits per heavy atom. The van der Waals surface area contributed by atoms with Crippen LogP contribution in [-0.2, 0) is 6.42 Å². The fourth-order valence-corrected chi connectivity index (χ4v) is 2.76. The topological polar surface area (TPSA) is 29.3 Å². The van der Waals surface area contributed by atoms with Gasteiger partial charge in [0.1, 0.15) is 0 Å². The van der Waals surface area contributed by atoms with E-state index in [1.54, 1.807) is 0 Å². The lowest BCUT2D eigenvalue weighted by Crippen LogP contribution is -2.30. The monoisotopic (exact) mass is 260 g/mol. The number of aryl methyl sites for hydroxylation is 1. The molecule has 2 N–H and O–H groups in total. The van der Waals surface area contributed by atoms with Crippen molar-refractivity contribution in [1.29, 1.82) is 0 Å². The minimum atomic E-state index is 0.237. The van der Waals surface area contributed by atoms with Gasteiger partial charge in [0.15, 0.2) is 0 Å². The Morgan fingerprint density at radius 3 is 2.42 bits per heavy atom. The highest BCUT2D eigenvalue weighted by Crippen LogP contribution is 2.34. The van der Waals surface area contributed by atoms with Gasteiger partial charge in [-0.1, -0.05) is 26.0 Å². The predicted octanol–water partition coefficient (Wildman–Crippen LogP) is 3.51. The van der Waals surface area contributed by atoms with E-state index in [4.69, 9.17) is 5.73 Å². The van der Waals surface area contributed by atoms with E-state index in [9.17, 15) is 0 Å². The molecule has 2 heteroatoms. The van der Waals surface area contributed by atoms with Gasteiger partial charge < -0.3 is 10.6 Å². The summed E-state index contributed by atoms with van der Waals surface area (Å²) < 4.78 is 0. The van der Waals surface area contributed by atoms with E-state index < -0.39 is 0 Å². The molecule has 2 rings (SSSR count). The normalized spacial score (nSPS) is 16.7. The highest BCUT2D eigenvalue weighted by Gasteiger charge is 2.30. The SMILES string of the molecule is Cc1cc(CC(C)N)ccc1N(CC(C)C)C1CC1. The first-order valence-electron chi connectivity index (χ1n) is 7.59. The molecule has 0 heterocycles. The molecule has 1 aliphatic rings. The quantitative estimate of drug-likeness (QED) is 0.848. The maximum atomic E-state index is 5.89. The zero-order chi connectivity index (χ0) is 14.0. The average Bonchev–Trinajstić information content (AvgIpc) is 3.09. The van der Waals surface area contributed by atoms with Gasteiger partial charge in [-0.15, -0.1) is 0 Å². The first kappa shape index (κ1) is 14.4. The van der Waals surface area contributed by atoms with Crippen LogP contribution >= 0.6 is 0 Å². The summed E-state index contributed by atoms with van der Waals surface area (Å²) in [6.45, 7) is 10.1. The molecule has 1 aliphatic carbocycles. The molecule has 2 nitrogen and oxygen atoms in total. The van der Waals surface area contributed by atoms with Crippen LogP contribution in [0.2, 0.25) is 0 Å². The zero-order valence-corrected chi connectivity index (χ0v) is 12.8. The number of hydrogen-bond donors (Lipinski definition) is 1. The van der Waals surface area contributed by atoms with Gasteiger partial charge in [0.2, 0.25) is 0 Å². The molecular formula is C17H28N2. The fraction of sp³-hybridized carbons (Fsp3) is 0.647. The van der Waals surface area contributed by atoms with E-state index in [2.05, 4.69) is 50.8 Å². The van der Waals surface area contributed by atoms with Crippen LogP contribution in [0.15, 0.2) is 18.2 Å². The van der Waals surface area contributed by atoms with E-state index in [1.165, 1.54) is 29.7 Å². The lowest BCUT2D eigenvalue weighted by atomic mass is 10.0. The Kier molecular flexibility index (Phi) is 4.51. The van der Waals surface area contributed by atoms with Gasteiger partial charge in [-0.05, 0) is 56.2 Å².